The first kappa shape index (κ1) is 11.0. The molecule has 1 saturated carbocycles. The Hall–Kier alpha value is -0.0151. The first-order valence-electron chi connectivity index (χ1n) is 4.56. The lowest BCUT2D eigenvalue weighted by Crippen LogP contribution is -2.17. The number of hydrogen-bond acceptors (Lipinski definition) is 2. The molecule has 1 rings (SSSR count). The van der Waals surface area contributed by atoms with E-state index in [4.69, 9.17) is 10.0 Å². The second kappa shape index (κ2) is 5.61. The van der Waals surface area contributed by atoms with E-state index in [1.165, 1.54) is 0 Å². The molecule has 2 unspecified atom stereocenters. The predicted octanol–water partition coefficient (Wildman–Crippen LogP) is 1.68. The highest BCUT2D eigenvalue weighted by Crippen LogP contribution is 2.35. The lowest BCUT2D eigenvalue weighted by atomic mass is 9.71. The summed E-state index contributed by atoms with van der Waals surface area (Å²) in [5.41, 5.74) is 0. The average Bonchev–Trinajstić information content (AvgIpc) is 2.40. The fourth-order valence-electron chi connectivity index (χ4n) is 1.52. The fourth-order valence-corrected chi connectivity index (χ4v) is 1.52. The van der Waals surface area contributed by atoms with E-state index in [2.05, 4.69) is 6.92 Å². The Bertz CT molecular complexity index is 96.1. The molecule has 0 heterocycles. The Labute approximate surface area is 69.8 Å². The molecule has 0 amide bonds. The van der Waals surface area contributed by atoms with E-state index >= 15 is 0 Å². The van der Waals surface area contributed by atoms with Gasteiger partial charge in [-0.1, -0.05) is 33.6 Å². The Morgan fingerprint density at radius 2 is 1.73 bits per heavy atom. The molecule has 2 N–H and O–H groups in total. The zero-order valence-electron chi connectivity index (χ0n) is 7.75. The topological polar surface area (TPSA) is 40.5 Å². The van der Waals surface area contributed by atoms with Crippen molar-refractivity contribution in [3.05, 3.63) is 0 Å². The molecule has 3 heteroatoms. The highest BCUT2D eigenvalue weighted by Gasteiger charge is 2.30. The van der Waals surface area contributed by atoms with Crippen molar-refractivity contribution < 1.29 is 10.0 Å². The molecule has 0 saturated heterocycles. The zero-order chi connectivity index (χ0) is 8.85. The van der Waals surface area contributed by atoms with Crippen LogP contribution in [0.1, 0.15) is 40.0 Å². The third kappa shape index (κ3) is 3.78. The van der Waals surface area contributed by atoms with E-state index in [0.717, 1.165) is 19.3 Å². The van der Waals surface area contributed by atoms with Gasteiger partial charge in [-0.15, -0.1) is 0 Å². The van der Waals surface area contributed by atoms with Crippen LogP contribution in [0, 0.1) is 5.92 Å². The summed E-state index contributed by atoms with van der Waals surface area (Å²) in [7, 11) is -1.07. The molecule has 2 nitrogen and oxygen atoms in total. The van der Waals surface area contributed by atoms with Crippen LogP contribution >= 0.6 is 0 Å². The largest absolute Gasteiger partial charge is 0.454 e. The van der Waals surface area contributed by atoms with Crippen LogP contribution in [0.3, 0.4) is 0 Å². The molecular formula is C8H19BO2. The van der Waals surface area contributed by atoms with E-state index < -0.39 is 7.12 Å². The van der Waals surface area contributed by atoms with Crippen LogP contribution in [0.5, 0.6) is 0 Å². The third-order valence-electron chi connectivity index (χ3n) is 2.16. The normalized spacial score (nSPS) is 29.2. The summed E-state index contributed by atoms with van der Waals surface area (Å²) in [5, 5.41) is 17.5. The molecule has 1 aliphatic carbocycles. The van der Waals surface area contributed by atoms with Gasteiger partial charge in [0.1, 0.15) is 0 Å². The lowest BCUT2D eigenvalue weighted by molar-refractivity contribution is 0.382. The van der Waals surface area contributed by atoms with Crippen LogP contribution in [0.15, 0.2) is 0 Å². The summed E-state index contributed by atoms with van der Waals surface area (Å²) in [5.74, 6) is 0.844. The summed E-state index contributed by atoms with van der Waals surface area (Å²) in [6.45, 7) is 6.16. The maximum Gasteiger partial charge on any atom is 0.454 e. The standard InChI is InChI=1S/C6H13BO2.C2H6/c1-5-2-3-6(4-5)7(8)9;1-2/h5-6,8-9H,2-4H2,1H3;1-2H3. The molecule has 0 spiro atoms. The van der Waals surface area contributed by atoms with Gasteiger partial charge in [-0.25, -0.2) is 0 Å². The molecule has 1 fully saturated rings. The molecular weight excluding hydrogens is 139 g/mol. The molecule has 0 aromatic carbocycles. The van der Waals surface area contributed by atoms with Crippen LogP contribution in [0.4, 0.5) is 0 Å². The van der Waals surface area contributed by atoms with Gasteiger partial charge in [-0.05, 0) is 18.2 Å². The number of hydrogen-bond donors (Lipinski definition) is 2. The maximum atomic E-state index is 8.73. The first-order valence-corrected chi connectivity index (χ1v) is 4.56. The summed E-state index contributed by atoms with van der Waals surface area (Å²) in [6.07, 6.45) is 3.12. The van der Waals surface area contributed by atoms with Gasteiger partial charge in [0.05, 0.1) is 0 Å². The molecule has 2 atom stereocenters. The van der Waals surface area contributed by atoms with Crippen LogP contribution in [-0.2, 0) is 0 Å². The maximum absolute atomic E-state index is 8.73. The molecule has 66 valence electrons. The van der Waals surface area contributed by atoms with Crippen molar-refractivity contribution in [1.82, 2.24) is 0 Å². The van der Waals surface area contributed by atoms with E-state index in [1.54, 1.807) is 0 Å². The Kier molecular flexibility index (Phi) is 5.60. The quantitative estimate of drug-likeness (QED) is 0.570. The van der Waals surface area contributed by atoms with Gasteiger partial charge in [-0.3, -0.25) is 0 Å². The minimum atomic E-state index is -1.07. The van der Waals surface area contributed by atoms with E-state index in [0.29, 0.717) is 5.92 Å². The van der Waals surface area contributed by atoms with Crippen LogP contribution in [0.2, 0.25) is 5.82 Å². The van der Waals surface area contributed by atoms with Gasteiger partial charge in [0.25, 0.3) is 0 Å². The molecule has 11 heavy (non-hydrogen) atoms. The molecule has 0 aliphatic heterocycles. The smallest absolute Gasteiger partial charge is 0.427 e. The SMILES string of the molecule is CC.CC1CCC(B(O)O)C1. The van der Waals surface area contributed by atoms with Crippen molar-refractivity contribution in [2.24, 2.45) is 5.92 Å². The number of rotatable bonds is 1. The highest BCUT2D eigenvalue weighted by atomic mass is 16.4. The molecule has 1 aliphatic rings. The highest BCUT2D eigenvalue weighted by molar-refractivity contribution is 6.43. The molecule has 0 aromatic rings. The molecule has 0 aromatic heterocycles. The lowest BCUT2D eigenvalue weighted by Gasteiger charge is -2.05. The summed E-state index contributed by atoms with van der Waals surface area (Å²) >= 11 is 0. The van der Waals surface area contributed by atoms with Gasteiger partial charge >= 0.3 is 7.12 Å². The Morgan fingerprint density at radius 3 is 1.91 bits per heavy atom. The predicted molar refractivity (Wildman–Crippen MR) is 48.3 cm³/mol. The second-order valence-corrected chi connectivity index (χ2v) is 3.09. The van der Waals surface area contributed by atoms with Crippen molar-refractivity contribution in [2.45, 2.75) is 45.9 Å². The van der Waals surface area contributed by atoms with Crippen molar-refractivity contribution in [3.8, 4) is 0 Å². The van der Waals surface area contributed by atoms with Gasteiger partial charge in [0.15, 0.2) is 0 Å². The van der Waals surface area contributed by atoms with Crippen LogP contribution < -0.4 is 0 Å². The van der Waals surface area contributed by atoms with E-state index in [-0.39, 0.29) is 5.82 Å². The van der Waals surface area contributed by atoms with Crippen molar-refractivity contribution in [3.63, 3.8) is 0 Å². The monoisotopic (exact) mass is 158 g/mol. The Morgan fingerprint density at radius 1 is 1.18 bits per heavy atom. The second-order valence-electron chi connectivity index (χ2n) is 3.09. The Balaban J connectivity index is 0.000000461. The average molecular weight is 158 g/mol. The van der Waals surface area contributed by atoms with Crippen LogP contribution in [0.25, 0.3) is 0 Å². The summed E-state index contributed by atoms with van der Waals surface area (Å²) < 4.78 is 0. The zero-order valence-corrected chi connectivity index (χ0v) is 7.75. The summed E-state index contributed by atoms with van der Waals surface area (Å²) in [6, 6.07) is 0. The van der Waals surface area contributed by atoms with E-state index in [1.807, 2.05) is 13.8 Å². The third-order valence-corrected chi connectivity index (χ3v) is 2.16. The van der Waals surface area contributed by atoms with Gasteiger partial charge < -0.3 is 10.0 Å². The molecule has 0 bridgehead atoms. The van der Waals surface area contributed by atoms with E-state index in [9.17, 15) is 0 Å². The summed E-state index contributed by atoms with van der Waals surface area (Å²) in [4.78, 5) is 0. The van der Waals surface area contributed by atoms with Crippen molar-refractivity contribution in [1.29, 1.82) is 0 Å². The van der Waals surface area contributed by atoms with Gasteiger partial charge in [0, 0.05) is 0 Å². The minimum Gasteiger partial charge on any atom is -0.427 e. The van der Waals surface area contributed by atoms with Crippen molar-refractivity contribution in [2.75, 3.05) is 0 Å². The molecule has 0 radical (unpaired) electrons. The van der Waals surface area contributed by atoms with Gasteiger partial charge in [0.2, 0.25) is 0 Å². The van der Waals surface area contributed by atoms with Gasteiger partial charge in [-0.2, -0.15) is 0 Å². The van der Waals surface area contributed by atoms with Crippen molar-refractivity contribution >= 4 is 7.12 Å². The van der Waals surface area contributed by atoms with Crippen LogP contribution in [-0.4, -0.2) is 17.2 Å². The first-order chi connectivity index (χ1) is 5.20. The fraction of sp³-hybridized carbons (Fsp3) is 1.00. The minimum absolute atomic E-state index is 0.153.